The second-order valence-corrected chi connectivity index (χ2v) is 6.22. The van der Waals surface area contributed by atoms with Crippen molar-refractivity contribution in [3.8, 4) is 0 Å². The summed E-state index contributed by atoms with van der Waals surface area (Å²) >= 11 is 0. The highest BCUT2D eigenvalue weighted by molar-refractivity contribution is 5.91. The first-order valence-corrected chi connectivity index (χ1v) is 8.02. The monoisotopic (exact) mass is 314 g/mol. The van der Waals surface area contributed by atoms with Gasteiger partial charge in [-0.25, -0.2) is 0 Å². The molecule has 0 bridgehead atoms. The van der Waals surface area contributed by atoms with E-state index in [0.717, 1.165) is 30.6 Å². The Hall–Kier alpha value is -2.21. The molecule has 0 spiro atoms. The first-order chi connectivity index (χ1) is 11.1. The SMILES string of the molecule is Cc1ccc(NC(=O)Cc2noc([C@H]3CCN[C@@H](C)C3)n2)cc1. The number of carbonyl (C=O) groups excluding carboxylic acids is 1. The van der Waals surface area contributed by atoms with Gasteiger partial charge >= 0.3 is 0 Å². The standard InChI is InChI=1S/C17H22N4O2/c1-11-3-5-14(6-4-11)19-16(22)10-15-20-17(23-21-15)13-7-8-18-12(2)9-13/h3-6,12-13,18H,7-10H2,1-2H3,(H,19,22)/t12-,13-/m0/s1. The number of nitrogens with zero attached hydrogens (tertiary/aromatic N) is 2. The summed E-state index contributed by atoms with van der Waals surface area (Å²) in [6.07, 6.45) is 2.09. The third-order valence-corrected chi connectivity index (χ3v) is 4.11. The summed E-state index contributed by atoms with van der Waals surface area (Å²) in [4.78, 5) is 16.5. The molecule has 1 aliphatic heterocycles. The van der Waals surface area contributed by atoms with Crippen molar-refractivity contribution in [2.45, 2.75) is 45.1 Å². The molecule has 0 unspecified atom stereocenters. The zero-order valence-corrected chi connectivity index (χ0v) is 13.5. The lowest BCUT2D eigenvalue weighted by molar-refractivity contribution is -0.115. The minimum atomic E-state index is -0.139. The van der Waals surface area contributed by atoms with E-state index in [2.05, 4.69) is 27.7 Å². The van der Waals surface area contributed by atoms with Gasteiger partial charge in [-0.05, 0) is 45.4 Å². The highest BCUT2D eigenvalue weighted by Gasteiger charge is 2.25. The molecule has 6 heteroatoms. The number of hydrogen-bond donors (Lipinski definition) is 2. The zero-order chi connectivity index (χ0) is 16.2. The van der Waals surface area contributed by atoms with Crippen molar-refractivity contribution in [2.75, 3.05) is 11.9 Å². The number of nitrogens with one attached hydrogen (secondary N) is 2. The zero-order valence-electron chi connectivity index (χ0n) is 13.5. The maximum atomic E-state index is 12.1. The van der Waals surface area contributed by atoms with Gasteiger partial charge in [-0.1, -0.05) is 22.9 Å². The second kappa shape index (κ2) is 6.91. The Morgan fingerprint density at radius 3 is 2.91 bits per heavy atom. The first-order valence-electron chi connectivity index (χ1n) is 8.02. The second-order valence-electron chi connectivity index (χ2n) is 6.22. The predicted molar refractivity (Wildman–Crippen MR) is 87.3 cm³/mol. The quantitative estimate of drug-likeness (QED) is 0.906. The number of rotatable bonds is 4. The van der Waals surface area contributed by atoms with Gasteiger partial charge in [-0.2, -0.15) is 4.98 Å². The van der Waals surface area contributed by atoms with Crippen molar-refractivity contribution in [3.05, 3.63) is 41.5 Å². The number of carbonyl (C=O) groups is 1. The molecule has 23 heavy (non-hydrogen) atoms. The van der Waals surface area contributed by atoms with Crippen molar-refractivity contribution in [3.63, 3.8) is 0 Å². The lowest BCUT2D eigenvalue weighted by atomic mass is 9.93. The molecule has 1 aromatic heterocycles. The van der Waals surface area contributed by atoms with E-state index < -0.39 is 0 Å². The van der Waals surface area contributed by atoms with Crippen LogP contribution in [0.5, 0.6) is 0 Å². The van der Waals surface area contributed by atoms with Gasteiger partial charge in [0.15, 0.2) is 5.82 Å². The van der Waals surface area contributed by atoms with Crippen molar-refractivity contribution in [1.29, 1.82) is 0 Å². The summed E-state index contributed by atoms with van der Waals surface area (Å²) in [6.45, 7) is 5.12. The summed E-state index contributed by atoms with van der Waals surface area (Å²) in [7, 11) is 0. The third-order valence-electron chi connectivity index (χ3n) is 4.11. The largest absolute Gasteiger partial charge is 0.339 e. The Balaban J connectivity index is 1.57. The molecule has 1 fully saturated rings. The van der Waals surface area contributed by atoms with Crippen LogP contribution in [-0.2, 0) is 11.2 Å². The van der Waals surface area contributed by atoms with Gasteiger partial charge in [-0.3, -0.25) is 4.79 Å². The molecule has 0 saturated carbocycles. The Morgan fingerprint density at radius 2 is 2.17 bits per heavy atom. The maximum absolute atomic E-state index is 12.1. The molecule has 2 atom stereocenters. The Bertz CT molecular complexity index is 665. The van der Waals surface area contributed by atoms with Crippen LogP contribution in [0.2, 0.25) is 0 Å². The highest BCUT2D eigenvalue weighted by Crippen LogP contribution is 2.26. The molecule has 3 rings (SSSR count). The Morgan fingerprint density at radius 1 is 1.39 bits per heavy atom. The number of amides is 1. The first kappa shape index (κ1) is 15.7. The lowest BCUT2D eigenvalue weighted by Crippen LogP contribution is -2.34. The summed E-state index contributed by atoms with van der Waals surface area (Å²) in [5, 5.41) is 10.2. The van der Waals surface area contributed by atoms with Crippen molar-refractivity contribution in [1.82, 2.24) is 15.5 Å². The molecule has 1 saturated heterocycles. The van der Waals surface area contributed by atoms with Gasteiger partial charge in [0.1, 0.15) is 0 Å². The topological polar surface area (TPSA) is 80.0 Å². The lowest BCUT2D eigenvalue weighted by Gasteiger charge is -2.25. The molecule has 0 aliphatic carbocycles. The fourth-order valence-corrected chi connectivity index (χ4v) is 2.85. The van der Waals surface area contributed by atoms with E-state index in [4.69, 9.17) is 4.52 Å². The van der Waals surface area contributed by atoms with Crippen molar-refractivity contribution < 1.29 is 9.32 Å². The van der Waals surface area contributed by atoms with E-state index >= 15 is 0 Å². The van der Waals surface area contributed by atoms with E-state index in [1.54, 1.807) is 0 Å². The van der Waals surface area contributed by atoms with Crippen LogP contribution in [0.15, 0.2) is 28.8 Å². The van der Waals surface area contributed by atoms with E-state index in [-0.39, 0.29) is 18.2 Å². The molecule has 1 aliphatic rings. The van der Waals surface area contributed by atoms with E-state index in [0.29, 0.717) is 17.8 Å². The van der Waals surface area contributed by atoms with Crippen molar-refractivity contribution in [2.24, 2.45) is 0 Å². The van der Waals surface area contributed by atoms with Crippen LogP contribution in [-0.4, -0.2) is 28.6 Å². The van der Waals surface area contributed by atoms with Crippen LogP contribution in [0.25, 0.3) is 0 Å². The molecule has 1 aromatic carbocycles. The fourth-order valence-electron chi connectivity index (χ4n) is 2.85. The van der Waals surface area contributed by atoms with Crippen LogP contribution in [0, 0.1) is 6.92 Å². The molecule has 2 N–H and O–H groups in total. The van der Waals surface area contributed by atoms with Gasteiger partial charge in [0, 0.05) is 17.6 Å². The molecule has 122 valence electrons. The molecule has 2 aromatic rings. The third kappa shape index (κ3) is 4.16. The van der Waals surface area contributed by atoms with Gasteiger partial charge in [0.25, 0.3) is 0 Å². The van der Waals surface area contributed by atoms with Crippen LogP contribution >= 0.6 is 0 Å². The van der Waals surface area contributed by atoms with Crippen LogP contribution in [0.3, 0.4) is 0 Å². The minimum absolute atomic E-state index is 0.123. The summed E-state index contributed by atoms with van der Waals surface area (Å²) < 4.78 is 5.35. The van der Waals surface area contributed by atoms with Gasteiger partial charge in [-0.15, -0.1) is 0 Å². The van der Waals surface area contributed by atoms with Crippen molar-refractivity contribution >= 4 is 11.6 Å². The molecular weight excluding hydrogens is 292 g/mol. The van der Waals surface area contributed by atoms with Gasteiger partial charge in [0.05, 0.1) is 6.42 Å². The number of piperidine rings is 1. The normalized spacial score (nSPS) is 21.1. The molecule has 6 nitrogen and oxygen atoms in total. The number of aromatic nitrogens is 2. The average molecular weight is 314 g/mol. The smallest absolute Gasteiger partial charge is 0.232 e. The number of aryl methyl sites for hydroxylation is 1. The van der Waals surface area contributed by atoms with Crippen LogP contribution in [0.1, 0.15) is 43.0 Å². The summed E-state index contributed by atoms with van der Waals surface area (Å²) in [6, 6.07) is 8.13. The van der Waals surface area contributed by atoms with Crippen LogP contribution in [0.4, 0.5) is 5.69 Å². The van der Waals surface area contributed by atoms with Gasteiger partial charge < -0.3 is 15.2 Å². The van der Waals surface area contributed by atoms with E-state index in [1.165, 1.54) is 0 Å². The summed E-state index contributed by atoms with van der Waals surface area (Å²) in [5.74, 6) is 1.24. The van der Waals surface area contributed by atoms with E-state index in [1.807, 2.05) is 31.2 Å². The Kier molecular flexibility index (Phi) is 4.71. The predicted octanol–water partition coefficient (Wildman–Crippen LogP) is 2.41. The van der Waals surface area contributed by atoms with Gasteiger partial charge in [0.2, 0.25) is 11.8 Å². The molecule has 0 radical (unpaired) electrons. The minimum Gasteiger partial charge on any atom is -0.339 e. The Labute approximate surface area is 135 Å². The molecular formula is C17H22N4O2. The maximum Gasteiger partial charge on any atom is 0.232 e. The summed E-state index contributed by atoms with van der Waals surface area (Å²) in [5.41, 5.74) is 1.93. The number of hydrogen-bond acceptors (Lipinski definition) is 5. The number of anilines is 1. The molecule has 1 amide bonds. The number of benzene rings is 1. The molecule has 2 heterocycles. The van der Waals surface area contributed by atoms with Crippen LogP contribution < -0.4 is 10.6 Å². The average Bonchev–Trinajstić information content (AvgIpc) is 2.98. The van der Waals surface area contributed by atoms with E-state index in [9.17, 15) is 4.79 Å². The fraction of sp³-hybridized carbons (Fsp3) is 0.471. The highest BCUT2D eigenvalue weighted by atomic mass is 16.5.